The molecule has 1 aromatic rings. The molecule has 88 valence electrons. The maximum absolute atomic E-state index is 10.7. The number of hydrogen-bond acceptors (Lipinski definition) is 3. The molecule has 0 fully saturated rings. The SMILES string of the molecule is CC(=O)OC(Br)c1ccc(CS(=O)O)cc1. The second-order valence-electron chi connectivity index (χ2n) is 3.13. The highest BCUT2D eigenvalue weighted by atomic mass is 79.9. The van der Waals surface area contributed by atoms with E-state index in [0.717, 1.165) is 11.1 Å². The molecule has 6 heteroatoms. The zero-order chi connectivity index (χ0) is 12.1. The second kappa shape index (κ2) is 6.12. The lowest BCUT2D eigenvalue weighted by Gasteiger charge is -2.10. The minimum atomic E-state index is -1.84. The van der Waals surface area contributed by atoms with Crippen LogP contribution >= 0.6 is 15.9 Å². The maximum atomic E-state index is 10.7. The summed E-state index contributed by atoms with van der Waals surface area (Å²) in [5, 5.41) is -0.487. The van der Waals surface area contributed by atoms with Gasteiger partial charge >= 0.3 is 5.97 Å². The molecule has 0 radical (unpaired) electrons. The van der Waals surface area contributed by atoms with Crippen molar-refractivity contribution in [3.05, 3.63) is 35.4 Å². The van der Waals surface area contributed by atoms with Crippen LogP contribution in [0.25, 0.3) is 0 Å². The van der Waals surface area contributed by atoms with E-state index in [9.17, 15) is 9.00 Å². The second-order valence-corrected chi connectivity index (χ2v) is 4.90. The summed E-state index contributed by atoms with van der Waals surface area (Å²) in [6, 6.07) is 6.93. The number of esters is 1. The normalized spacial score (nSPS) is 14.2. The molecule has 1 N–H and O–H groups in total. The van der Waals surface area contributed by atoms with Crippen molar-refractivity contribution >= 4 is 33.0 Å². The largest absolute Gasteiger partial charge is 0.446 e. The molecule has 0 aliphatic heterocycles. The molecular formula is C10H11BrO4S. The topological polar surface area (TPSA) is 63.6 Å². The fourth-order valence-corrected chi connectivity index (χ4v) is 2.17. The maximum Gasteiger partial charge on any atom is 0.304 e. The van der Waals surface area contributed by atoms with Crippen LogP contribution in [0.2, 0.25) is 0 Å². The van der Waals surface area contributed by atoms with Gasteiger partial charge in [0, 0.05) is 12.5 Å². The average molecular weight is 307 g/mol. The van der Waals surface area contributed by atoms with Crippen LogP contribution in [0.5, 0.6) is 0 Å². The summed E-state index contributed by atoms with van der Waals surface area (Å²) in [5.74, 6) is -0.275. The Morgan fingerprint density at radius 1 is 1.50 bits per heavy atom. The summed E-state index contributed by atoms with van der Waals surface area (Å²) in [4.78, 5) is 10.7. The minimum absolute atomic E-state index is 0.0980. The Morgan fingerprint density at radius 2 is 2.06 bits per heavy atom. The van der Waals surface area contributed by atoms with E-state index in [1.807, 2.05) is 0 Å². The summed E-state index contributed by atoms with van der Waals surface area (Å²) >= 11 is 1.37. The van der Waals surface area contributed by atoms with Crippen molar-refractivity contribution < 1.29 is 18.3 Å². The Hall–Kier alpha value is -0.720. The van der Waals surface area contributed by atoms with Crippen molar-refractivity contribution in [3.8, 4) is 0 Å². The smallest absolute Gasteiger partial charge is 0.304 e. The number of alkyl halides is 1. The molecule has 0 aliphatic rings. The van der Waals surface area contributed by atoms with Crippen molar-refractivity contribution in [1.29, 1.82) is 0 Å². The third-order valence-corrected chi connectivity index (χ3v) is 3.10. The van der Waals surface area contributed by atoms with E-state index in [-0.39, 0.29) is 11.7 Å². The van der Waals surface area contributed by atoms with Gasteiger partial charge < -0.3 is 9.29 Å². The van der Waals surface area contributed by atoms with Gasteiger partial charge in [-0.2, -0.15) is 0 Å². The van der Waals surface area contributed by atoms with E-state index in [2.05, 4.69) is 15.9 Å². The van der Waals surface area contributed by atoms with E-state index >= 15 is 0 Å². The Labute approximate surface area is 104 Å². The molecule has 0 aliphatic carbocycles. The monoisotopic (exact) mass is 306 g/mol. The molecule has 0 saturated heterocycles. The summed E-state index contributed by atoms with van der Waals surface area (Å²) in [6.45, 7) is 1.33. The predicted octanol–water partition coefficient (Wildman–Crippen LogP) is 2.36. The quantitative estimate of drug-likeness (QED) is 0.527. The molecule has 0 bridgehead atoms. The van der Waals surface area contributed by atoms with E-state index in [4.69, 9.17) is 9.29 Å². The van der Waals surface area contributed by atoms with Gasteiger partial charge in [-0.25, -0.2) is 4.21 Å². The Bertz CT molecular complexity index is 390. The predicted molar refractivity (Wildman–Crippen MR) is 64.4 cm³/mol. The number of rotatable bonds is 4. The van der Waals surface area contributed by atoms with E-state index in [1.165, 1.54) is 6.92 Å². The van der Waals surface area contributed by atoms with Crippen molar-refractivity contribution in [1.82, 2.24) is 0 Å². The first-order valence-corrected chi connectivity index (χ1v) is 6.66. The fraction of sp³-hybridized carbons (Fsp3) is 0.300. The number of carbonyl (C=O) groups excluding carboxylic acids is 1. The molecule has 1 aromatic carbocycles. The van der Waals surface area contributed by atoms with Crippen molar-refractivity contribution in [3.63, 3.8) is 0 Å². The van der Waals surface area contributed by atoms with Crippen LogP contribution in [0.4, 0.5) is 0 Å². The van der Waals surface area contributed by atoms with Gasteiger partial charge in [0.25, 0.3) is 0 Å². The first-order valence-electron chi connectivity index (χ1n) is 4.46. The number of hydrogen-bond donors (Lipinski definition) is 1. The van der Waals surface area contributed by atoms with Crippen LogP contribution in [0.1, 0.15) is 23.1 Å². The van der Waals surface area contributed by atoms with Crippen LogP contribution in [-0.4, -0.2) is 14.7 Å². The van der Waals surface area contributed by atoms with Crippen molar-refractivity contribution in [2.75, 3.05) is 0 Å². The summed E-state index contributed by atoms with van der Waals surface area (Å²) < 4.78 is 24.2. The lowest BCUT2D eigenvalue weighted by atomic mass is 10.2. The van der Waals surface area contributed by atoms with Crippen molar-refractivity contribution in [2.24, 2.45) is 0 Å². The zero-order valence-corrected chi connectivity index (χ0v) is 11.0. The van der Waals surface area contributed by atoms with Crippen LogP contribution in [-0.2, 0) is 26.4 Å². The van der Waals surface area contributed by atoms with E-state index < -0.39 is 16.1 Å². The summed E-state index contributed by atoms with van der Waals surface area (Å²) in [5.41, 5.74) is 1.54. The van der Waals surface area contributed by atoms with Gasteiger partial charge in [0.05, 0.1) is 5.75 Å². The molecule has 2 unspecified atom stereocenters. The molecule has 0 heterocycles. The Kier molecular flexibility index (Phi) is 5.11. The summed E-state index contributed by atoms with van der Waals surface area (Å²) in [6.07, 6.45) is 0. The van der Waals surface area contributed by atoms with Crippen LogP contribution < -0.4 is 0 Å². The zero-order valence-electron chi connectivity index (χ0n) is 8.55. The molecule has 0 spiro atoms. The van der Waals surface area contributed by atoms with Crippen LogP contribution in [0.3, 0.4) is 0 Å². The van der Waals surface area contributed by atoms with Gasteiger partial charge in [-0.1, -0.05) is 24.3 Å². The highest BCUT2D eigenvalue weighted by Gasteiger charge is 2.10. The van der Waals surface area contributed by atoms with E-state index in [1.54, 1.807) is 24.3 Å². The molecule has 4 nitrogen and oxygen atoms in total. The molecule has 16 heavy (non-hydrogen) atoms. The number of ether oxygens (including phenoxy) is 1. The standard InChI is InChI=1S/C10H11BrO4S/c1-7(12)15-10(11)9-4-2-8(3-5-9)6-16(13)14/h2-5,10H,6H2,1H3,(H,13,14). The molecule has 0 saturated carbocycles. The fourth-order valence-electron chi connectivity index (χ4n) is 1.12. The lowest BCUT2D eigenvalue weighted by Crippen LogP contribution is -2.02. The minimum Gasteiger partial charge on any atom is -0.446 e. The Balaban J connectivity index is 2.70. The average Bonchev–Trinajstić information content (AvgIpc) is 2.16. The highest BCUT2D eigenvalue weighted by molar-refractivity contribution is 9.09. The van der Waals surface area contributed by atoms with Gasteiger partial charge in [0.2, 0.25) is 0 Å². The third kappa shape index (κ3) is 4.42. The van der Waals surface area contributed by atoms with Gasteiger partial charge in [-0.05, 0) is 21.5 Å². The molecule has 1 rings (SSSR count). The molecule has 0 amide bonds. The first-order chi connectivity index (χ1) is 7.49. The van der Waals surface area contributed by atoms with Gasteiger partial charge in [-0.3, -0.25) is 4.79 Å². The first kappa shape index (κ1) is 13.3. The molecule has 0 aromatic heterocycles. The van der Waals surface area contributed by atoms with Crippen LogP contribution in [0.15, 0.2) is 24.3 Å². The highest BCUT2D eigenvalue weighted by Crippen LogP contribution is 2.24. The van der Waals surface area contributed by atoms with Crippen molar-refractivity contribution in [2.45, 2.75) is 17.7 Å². The molecule has 2 atom stereocenters. The van der Waals surface area contributed by atoms with E-state index in [0.29, 0.717) is 0 Å². The Morgan fingerprint density at radius 3 is 2.50 bits per heavy atom. The third-order valence-electron chi connectivity index (χ3n) is 1.80. The number of carbonyl (C=O) groups is 1. The van der Waals surface area contributed by atoms with Gasteiger partial charge in [0.1, 0.15) is 0 Å². The van der Waals surface area contributed by atoms with Gasteiger partial charge in [0.15, 0.2) is 16.1 Å². The van der Waals surface area contributed by atoms with Gasteiger partial charge in [-0.15, -0.1) is 0 Å². The van der Waals surface area contributed by atoms with Crippen LogP contribution in [0, 0.1) is 0 Å². The molecular weight excluding hydrogens is 296 g/mol. The lowest BCUT2D eigenvalue weighted by molar-refractivity contribution is -0.142. The number of benzene rings is 1. The summed E-state index contributed by atoms with van der Waals surface area (Å²) in [7, 11) is 0. The number of halogens is 1.